The molecule has 8 heteroatoms. The number of benzene rings is 1. The van der Waals surface area contributed by atoms with E-state index < -0.39 is 18.2 Å². The molecule has 0 unspecified atom stereocenters. The number of alkyl halides is 3. The summed E-state index contributed by atoms with van der Waals surface area (Å²) < 4.78 is 44.5. The number of aromatic nitrogens is 1. The summed E-state index contributed by atoms with van der Waals surface area (Å²) in [5.41, 5.74) is 1.18. The first-order chi connectivity index (χ1) is 16.1. The maximum absolute atomic E-state index is 12.9. The fourth-order valence-corrected chi connectivity index (χ4v) is 5.72. The molecular weight excluding hydrogens is 445 g/mol. The number of halogens is 3. The van der Waals surface area contributed by atoms with Crippen LogP contribution in [0.3, 0.4) is 0 Å². The highest BCUT2D eigenvalue weighted by Gasteiger charge is 2.51. The van der Waals surface area contributed by atoms with Crippen molar-refractivity contribution < 1.29 is 27.8 Å². The summed E-state index contributed by atoms with van der Waals surface area (Å²) in [6, 6.07) is 8.99. The van der Waals surface area contributed by atoms with Gasteiger partial charge in [0.15, 0.2) is 0 Å². The van der Waals surface area contributed by atoms with E-state index in [0.717, 1.165) is 17.7 Å². The number of pyridine rings is 1. The van der Waals surface area contributed by atoms with E-state index in [1.807, 2.05) is 13.0 Å². The average molecular weight is 477 g/mol. The van der Waals surface area contributed by atoms with Crippen LogP contribution in [-0.2, 0) is 5.41 Å². The molecule has 184 valence electrons. The monoisotopic (exact) mass is 476 g/mol. The zero-order chi connectivity index (χ0) is 24.6. The zero-order valence-corrected chi connectivity index (χ0v) is 19.5. The number of hydrogen-bond acceptors (Lipinski definition) is 4. The van der Waals surface area contributed by atoms with Gasteiger partial charge in [0.2, 0.25) is 0 Å². The molecule has 0 bridgehead atoms. The van der Waals surface area contributed by atoms with Gasteiger partial charge in [-0.1, -0.05) is 13.0 Å². The van der Waals surface area contributed by atoms with Crippen LogP contribution in [0.25, 0.3) is 0 Å². The maximum atomic E-state index is 12.9. The number of hydrogen-bond donors (Lipinski definition) is 2. The number of ether oxygens (including phenoxy) is 1. The van der Waals surface area contributed by atoms with Crippen LogP contribution in [0.2, 0.25) is 0 Å². The van der Waals surface area contributed by atoms with E-state index in [9.17, 15) is 23.1 Å². The summed E-state index contributed by atoms with van der Waals surface area (Å²) in [5.74, 6) is 0.378. The minimum Gasteiger partial charge on any atom is -0.493 e. The first kappa shape index (κ1) is 24.5. The molecule has 3 atom stereocenters. The van der Waals surface area contributed by atoms with Gasteiger partial charge in [0, 0.05) is 29.2 Å². The predicted molar refractivity (Wildman–Crippen MR) is 123 cm³/mol. The molecule has 1 fully saturated rings. The molecule has 1 aromatic carbocycles. The van der Waals surface area contributed by atoms with Gasteiger partial charge in [0.25, 0.3) is 5.91 Å². The Balaban J connectivity index is 1.58. The SMILES string of the molecule is CC[C@@]12CC[C@](O)(CCC(F)(F)F)C[C@@H]1CCOc1cc(C(=O)Nc3cccnc3C)ccc12. The third-order valence-corrected chi connectivity index (χ3v) is 7.71. The van der Waals surface area contributed by atoms with Crippen LogP contribution in [0.4, 0.5) is 18.9 Å². The van der Waals surface area contributed by atoms with Gasteiger partial charge in [-0.15, -0.1) is 0 Å². The number of carbonyl (C=O) groups excluding carboxylic acids is 1. The van der Waals surface area contributed by atoms with Crippen LogP contribution < -0.4 is 10.1 Å². The highest BCUT2D eigenvalue weighted by atomic mass is 19.4. The van der Waals surface area contributed by atoms with E-state index in [-0.39, 0.29) is 23.7 Å². The Morgan fingerprint density at radius 3 is 2.79 bits per heavy atom. The molecule has 0 saturated heterocycles. The van der Waals surface area contributed by atoms with Crippen LogP contribution in [0, 0.1) is 12.8 Å². The molecule has 5 nitrogen and oxygen atoms in total. The van der Waals surface area contributed by atoms with E-state index in [4.69, 9.17) is 4.74 Å². The van der Waals surface area contributed by atoms with Crippen LogP contribution >= 0.6 is 0 Å². The van der Waals surface area contributed by atoms with E-state index in [1.54, 1.807) is 30.5 Å². The normalized spacial score (nSPS) is 26.6. The Labute approximate surface area is 197 Å². The van der Waals surface area contributed by atoms with Crippen molar-refractivity contribution in [1.82, 2.24) is 4.98 Å². The minimum absolute atomic E-state index is 0.00320. The molecule has 4 rings (SSSR count). The van der Waals surface area contributed by atoms with Gasteiger partial charge < -0.3 is 15.2 Å². The molecule has 1 aromatic heterocycles. The Kier molecular flexibility index (Phi) is 6.64. The summed E-state index contributed by atoms with van der Waals surface area (Å²) in [7, 11) is 0. The van der Waals surface area contributed by atoms with Gasteiger partial charge in [0.05, 0.1) is 23.6 Å². The molecule has 1 aliphatic carbocycles. The predicted octanol–water partition coefficient (Wildman–Crippen LogP) is 5.95. The lowest BCUT2D eigenvalue weighted by atomic mass is 9.56. The topological polar surface area (TPSA) is 71.5 Å². The molecule has 2 aromatic rings. The average Bonchev–Trinajstić information content (AvgIpc) is 2.95. The van der Waals surface area contributed by atoms with Gasteiger partial charge in [-0.2, -0.15) is 13.2 Å². The summed E-state index contributed by atoms with van der Waals surface area (Å²) in [4.78, 5) is 17.1. The van der Waals surface area contributed by atoms with Crippen molar-refractivity contribution in [2.24, 2.45) is 5.92 Å². The van der Waals surface area contributed by atoms with E-state index in [1.165, 1.54) is 0 Å². The number of anilines is 1. The third kappa shape index (κ3) is 4.92. The van der Waals surface area contributed by atoms with Crippen LogP contribution in [-0.4, -0.2) is 34.4 Å². The Morgan fingerprint density at radius 1 is 1.29 bits per heavy atom. The Morgan fingerprint density at radius 2 is 2.09 bits per heavy atom. The third-order valence-electron chi connectivity index (χ3n) is 7.71. The van der Waals surface area contributed by atoms with Crippen molar-refractivity contribution in [1.29, 1.82) is 0 Å². The minimum atomic E-state index is -4.28. The number of aryl methyl sites for hydroxylation is 1. The maximum Gasteiger partial charge on any atom is 0.389 e. The number of nitrogens with one attached hydrogen (secondary N) is 1. The quantitative estimate of drug-likeness (QED) is 0.560. The smallest absolute Gasteiger partial charge is 0.389 e. The van der Waals surface area contributed by atoms with E-state index in [0.29, 0.717) is 49.3 Å². The van der Waals surface area contributed by atoms with Crippen LogP contribution in [0.15, 0.2) is 36.5 Å². The largest absolute Gasteiger partial charge is 0.493 e. The molecule has 2 N–H and O–H groups in total. The number of aliphatic hydroxyl groups is 1. The fraction of sp³-hybridized carbons (Fsp3) is 0.538. The summed E-state index contributed by atoms with van der Waals surface area (Å²) in [6.07, 6.45) is -1.21. The highest BCUT2D eigenvalue weighted by Crippen LogP contribution is 2.55. The molecule has 2 heterocycles. The molecule has 2 aliphatic rings. The lowest BCUT2D eigenvalue weighted by Gasteiger charge is -2.49. The summed E-state index contributed by atoms with van der Waals surface area (Å²) >= 11 is 0. The van der Waals surface area contributed by atoms with Crippen molar-refractivity contribution in [3.8, 4) is 5.75 Å². The molecular formula is C26H31F3N2O3. The number of rotatable bonds is 5. The first-order valence-electron chi connectivity index (χ1n) is 11.8. The van der Waals surface area contributed by atoms with Crippen molar-refractivity contribution in [2.45, 2.75) is 76.0 Å². The lowest BCUT2D eigenvalue weighted by molar-refractivity contribution is -0.153. The van der Waals surface area contributed by atoms with Gasteiger partial charge in [0.1, 0.15) is 5.75 Å². The second-order valence-corrected chi connectivity index (χ2v) is 9.69. The fourth-order valence-electron chi connectivity index (χ4n) is 5.72. The van der Waals surface area contributed by atoms with Crippen molar-refractivity contribution in [2.75, 3.05) is 11.9 Å². The van der Waals surface area contributed by atoms with Gasteiger partial charge in [-0.3, -0.25) is 9.78 Å². The Hall–Kier alpha value is -2.61. The molecule has 0 radical (unpaired) electrons. The highest BCUT2D eigenvalue weighted by molar-refractivity contribution is 6.04. The van der Waals surface area contributed by atoms with E-state index in [2.05, 4.69) is 17.2 Å². The molecule has 1 aliphatic heterocycles. The molecule has 34 heavy (non-hydrogen) atoms. The van der Waals surface area contributed by atoms with Crippen LogP contribution in [0.1, 0.15) is 73.5 Å². The lowest BCUT2D eigenvalue weighted by Crippen LogP contribution is -2.48. The number of fused-ring (bicyclic) bond motifs is 3. The van der Waals surface area contributed by atoms with Gasteiger partial charge in [-0.05, 0) is 75.6 Å². The van der Waals surface area contributed by atoms with Crippen molar-refractivity contribution >= 4 is 11.6 Å². The molecule has 1 saturated carbocycles. The Bertz CT molecular complexity index is 1060. The zero-order valence-electron chi connectivity index (χ0n) is 19.5. The second-order valence-electron chi connectivity index (χ2n) is 9.69. The van der Waals surface area contributed by atoms with Gasteiger partial charge in [-0.25, -0.2) is 0 Å². The number of nitrogens with zero attached hydrogens (tertiary/aromatic N) is 1. The van der Waals surface area contributed by atoms with Crippen molar-refractivity contribution in [3.63, 3.8) is 0 Å². The first-order valence-corrected chi connectivity index (χ1v) is 11.8. The van der Waals surface area contributed by atoms with Crippen LogP contribution in [0.5, 0.6) is 5.75 Å². The standard InChI is InChI=1S/C26H31F3N2O3/c1-3-25-11-9-24(33,10-12-26(27,28)29)16-19(25)8-14-34-22-15-18(6-7-20(22)25)23(32)31-21-5-4-13-30-17(21)2/h4-7,13,15,19,33H,3,8-12,14,16H2,1-2H3,(H,31,32)/t19-,24-,25+/m0/s1. The van der Waals surface area contributed by atoms with Gasteiger partial charge >= 0.3 is 6.18 Å². The summed E-state index contributed by atoms with van der Waals surface area (Å²) in [5, 5.41) is 13.9. The van der Waals surface area contributed by atoms with E-state index >= 15 is 0 Å². The summed E-state index contributed by atoms with van der Waals surface area (Å²) in [6.45, 7) is 4.29. The number of amides is 1. The molecule has 1 amide bonds. The van der Waals surface area contributed by atoms with Crippen molar-refractivity contribution in [3.05, 3.63) is 53.3 Å². The molecule has 0 spiro atoms. The number of carbonyl (C=O) groups is 1. The second kappa shape index (κ2) is 9.21.